The normalized spacial score (nSPS) is 10.8. The molecule has 1 heterocycles. The molecule has 0 aliphatic carbocycles. The number of hydrogen-bond acceptors (Lipinski definition) is 2. The fraction of sp³-hybridized carbons (Fsp3) is 0.250. The highest BCUT2D eigenvalue weighted by atomic mass is 35.5. The number of rotatable bonds is 3. The Balaban J connectivity index is 2.25. The van der Waals surface area contributed by atoms with Crippen LogP contribution in [0.1, 0.15) is 41.4 Å². The van der Waals surface area contributed by atoms with Crippen LogP contribution in [0, 0.1) is 6.92 Å². The smallest absolute Gasteiger partial charge is 0.255 e. The van der Waals surface area contributed by atoms with Gasteiger partial charge in [-0.15, -0.1) is 0 Å². The third-order valence-corrected chi connectivity index (χ3v) is 3.70. The van der Waals surface area contributed by atoms with Crippen LogP contribution in [0.2, 0.25) is 10.2 Å². The number of aromatic nitrogens is 1. The Morgan fingerprint density at radius 2 is 1.90 bits per heavy atom. The first-order valence-corrected chi connectivity index (χ1v) is 7.37. The number of hydrogen-bond donors (Lipinski definition) is 1. The second-order valence-electron chi connectivity index (χ2n) is 5.18. The topological polar surface area (TPSA) is 42.0 Å². The van der Waals surface area contributed by atoms with E-state index in [0.29, 0.717) is 21.4 Å². The summed E-state index contributed by atoms with van der Waals surface area (Å²) in [4.78, 5) is 16.5. The summed E-state index contributed by atoms with van der Waals surface area (Å²) in [6.07, 6.45) is 0. The summed E-state index contributed by atoms with van der Waals surface area (Å²) >= 11 is 12.0. The van der Waals surface area contributed by atoms with Crippen molar-refractivity contribution < 1.29 is 4.79 Å². The molecule has 110 valence electrons. The number of pyridine rings is 1. The number of anilines is 1. The zero-order chi connectivity index (χ0) is 15.6. The minimum absolute atomic E-state index is 0.198. The van der Waals surface area contributed by atoms with Gasteiger partial charge in [0.05, 0.1) is 0 Å². The molecule has 1 aromatic carbocycles. The average Bonchev–Trinajstić information content (AvgIpc) is 2.42. The lowest BCUT2D eigenvalue weighted by Crippen LogP contribution is -2.13. The van der Waals surface area contributed by atoms with Gasteiger partial charge in [-0.3, -0.25) is 4.79 Å². The summed E-state index contributed by atoms with van der Waals surface area (Å²) in [5.41, 5.74) is 2.88. The van der Waals surface area contributed by atoms with Crippen molar-refractivity contribution in [1.29, 1.82) is 0 Å². The summed E-state index contributed by atoms with van der Waals surface area (Å²) in [6.45, 7) is 5.91. The summed E-state index contributed by atoms with van der Waals surface area (Å²) in [5, 5.41) is 3.74. The van der Waals surface area contributed by atoms with Gasteiger partial charge in [0.15, 0.2) is 0 Å². The number of carbonyl (C=O) groups is 1. The van der Waals surface area contributed by atoms with Crippen molar-refractivity contribution in [2.45, 2.75) is 26.7 Å². The molecule has 0 radical (unpaired) electrons. The van der Waals surface area contributed by atoms with Crippen molar-refractivity contribution in [3.8, 4) is 0 Å². The maximum absolute atomic E-state index is 12.3. The molecule has 5 heteroatoms. The van der Waals surface area contributed by atoms with Gasteiger partial charge >= 0.3 is 0 Å². The standard InChI is InChI=1S/C16H16Cl2N2O/c1-9(2)14-6-11(7-15(18)20-14)16(21)19-12-5-4-10(3)13(17)8-12/h4-9H,1-3H3,(H,19,21). The summed E-state index contributed by atoms with van der Waals surface area (Å²) in [6, 6.07) is 8.70. The molecule has 1 N–H and O–H groups in total. The molecule has 3 nitrogen and oxygen atoms in total. The monoisotopic (exact) mass is 322 g/mol. The summed E-state index contributed by atoms with van der Waals surface area (Å²) in [7, 11) is 0. The van der Waals surface area contributed by atoms with Crippen LogP contribution >= 0.6 is 23.2 Å². The van der Waals surface area contributed by atoms with Crippen molar-refractivity contribution in [3.05, 3.63) is 57.3 Å². The van der Waals surface area contributed by atoms with Crippen LogP contribution in [0.3, 0.4) is 0 Å². The van der Waals surface area contributed by atoms with Crippen LogP contribution in [0.5, 0.6) is 0 Å². The molecule has 1 aromatic heterocycles. The highest BCUT2D eigenvalue weighted by Gasteiger charge is 2.12. The molecule has 2 rings (SSSR count). The molecule has 0 spiro atoms. The highest BCUT2D eigenvalue weighted by molar-refractivity contribution is 6.31. The molecule has 0 bridgehead atoms. The third kappa shape index (κ3) is 3.96. The first kappa shape index (κ1) is 15.8. The third-order valence-electron chi connectivity index (χ3n) is 3.10. The zero-order valence-electron chi connectivity index (χ0n) is 12.1. The molecule has 2 aromatic rings. The van der Waals surface area contributed by atoms with Gasteiger partial charge < -0.3 is 5.32 Å². The summed E-state index contributed by atoms with van der Waals surface area (Å²) < 4.78 is 0. The first-order chi connectivity index (χ1) is 9.86. The minimum atomic E-state index is -0.235. The van der Waals surface area contributed by atoms with E-state index < -0.39 is 0 Å². The van der Waals surface area contributed by atoms with Gasteiger partial charge in [0.2, 0.25) is 0 Å². The van der Waals surface area contributed by atoms with Gasteiger partial charge in [-0.05, 0) is 42.7 Å². The SMILES string of the molecule is Cc1ccc(NC(=O)c2cc(Cl)nc(C(C)C)c2)cc1Cl. The Morgan fingerprint density at radius 1 is 1.19 bits per heavy atom. The fourth-order valence-electron chi connectivity index (χ4n) is 1.82. The molecular formula is C16H16Cl2N2O. The van der Waals surface area contributed by atoms with Crippen LogP contribution < -0.4 is 5.32 Å². The second kappa shape index (κ2) is 6.46. The van der Waals surface area contributed by atoms with Gasteiger partial charge in [-0.25, -0.2) is 4.98 Å². The van der Waals surface area contributed by atoms with E-state index in [9.17, 15) is 4.79 Å². The van der Waals surface area contributed by atoms with Gasteiger partial charge in [0.1, 0.15) is 5.15 Å². The van der Waals surface area contributed by atoms with Crippen molar-refractivity contribution in [3.63, 3.8) is 0 Å². The predicted octanol–water partition coefficient (Wildman–Crippen LogP) is 5.07. The Hall–Kier alpha value is -1.58. The van der Waals surface area contributed by atoms with Crippen LogP contribution in [-0.2, 0) is 0 Å². The molecule has 0 aliphatic rings. The Labute approximate surface area is 134 Å². The van der Waals surface area contributed by atoms with Crippen molar-refractivity contribution in [2.24, 2.45) is 0 Å². The average molecular weight is 323 g/mol. The Morgan fingerprint density at radius 3 is 2.52 bits per heavy atom. The van der Waals surface area contributed by atoms with Gasteiger partial charge in [-0.2, -0.15) is 0 Å². The molecule has 0 saturated heterocycles. The predicted molar refractivity (Wildman–Crippen MR) is 87.5 cm³/mol. The number of aryl methyl sites for hydroxylation is 1. The van der Waals surface area contributed by atoms with Crippen LogP contribution in [0.25, 0.3) is 0 Å². The number of benzene rings is 1. The second-order valence-corrected chi connectivity index (χ2v) is 5.97. The fourth-order valence-corrected chi connectivity index (χ4v) is 2.21. The lowest BCUT2D eigenvalue weighted by Gasteiger charge is -2.10. The van der Waals surface area contributed by atoms with E-state index in [1.165, 1.54) is 0 Å². The van der Waals surface area contributed by atoms with Gasteiger partial charge in [0, 0.05) is 22.0 Å². The van der Waals surface area contributed by atoms with Crippen molar-refractivity contribution >= 4 is 34.8 Å². The van der Waals surface area contributed by atoms with Gasteiger partial charge in [0.25, 0.3) is 5.91 Å². The number of nitrogens with zero attached hydrogens (tertiary/aromatic N) is 1. The van der Waals surface area contributed by atoms with E-state index in [4.69, 9.17) is 23.2 Å². The van der Waals surface area contributed by atoms with E-state index in [2.05, 4.69) is 10.3 Å². The van der Waals surface area contributed by atoms with E-state index in [-0.39, 0.29) is 11.8 Å². The van der Waals surface area contributed by atoms with Crippen LogP contribution in [0.15, 0.2) is 30.3 Å². The Bertz CT molecular complexity index is 684. The molecule has 1 amide bonds. The van der Waals surface area contributed by atoms with E-state index in [1.54, 1.807) is 18.2 Å². The number of nitrogens with one attached hydrogen (secondary N) is 1. The quantitative estimate of drug-likeness (QED) is 0.801. The molecule has 0 aliphatic heterocycles. The van der Waals surface area contributed by atoms with Crippen LogP contribution in [-0.4, -0.2) is 10.9 Å². The molecule has 21 heavy (non-hydrogen) atoms. The van der Waals surface area contributed by atoms with Crippen molar-refractivity contribution in [1.82, 2.24) is 4.98 Å². The van der Waals surface area contributed by atoms with E-state index in [0.717, 1.165) is 11.3 Å². The minimum Gasteiger partial charge on any atom is -0.322 e. The zero-order valence-corrected chi connectivity index (χ0v) is 13.6. The maximum Gasteiger partial charge on any atom is 0.255 e. The lowest BCUT2D eigenvalue weighted by atomic mass is 10.1. The van der Waals surface area contributed by atoms with Crippen molar-refractivity contribution in [2.75, 3.05) is 5.32 Å². The van der Waals surface area contributed by atoms with Gasteiger partial charge in [-0.1, -0.05) is 43.1 Å². The largest absolute Gasteiger partial charge is 0.322 e. The number of halogens is 2. The first-order valence-electron chi connectivity index (χ1n) is 6.62. The number of carbonyl (C=O) groups excluding carboxylic acids is 1. The molecule has 0 unspecified atom stereocenters. The number of amides is 1. The van der Waals surface area contributed by atoms with Crippen LogP contribution in [0.4, 0.5) is 5.69 Å². The molecule has 0 saturated carbocycles. The summed E-state index contributed by atoms with van der Waals surface area (Å²) in [5.74, 6) is -0.0369. The van der Waals surface area contributed by atoms with E-state index >= 15 is 0 Å². The maximum atomic E-state index is 12.3. The van der Waals surface area contributed by atoms with E-state index in [1.807, 2.05) is 32.9 Å². The lowest BCUT2D eigenvalue weighted by molar-refractivity contribution is 0.102. The Kier molecular flexibility index (Phi) is 4.86. The molecular weight excluding hydrogens is 307 g/mol. The highest BCUT2D eigenvalue weighted by Crippen LogP contribution is 2.22. The molecule has 0 atom stereocenters. The molecule has 0 fully saturated rings.